The van der Waals surface area contributed by atoms with E-state index >= 15 is 0 Å². The molecule has 3 heterocycles. The Morgan fingerprint density at radius 1 is 1.00 bits per heavy atom. The lowest BCUT2D eigenvalue weighted by molar-refractivity contribution is 0.631. The zero-order valence-corrected chi connectivity index (χ0v) is 13.7. The Kier molecular flexibility index (Phi) is 3.59. The maximum atomic E-state index is 11.8. The van der Waals surface area contributed by atoms with Gasteiger partial charge in [-0.15, -0.1) is 5.10 Å². The molecule has 126 valence electrons. The largest absolute Gasteiger partial charge is 0.354 e. The molecule has 0 unspecified atom stereocenters. The molecule has 0 saturated carbocycles. The molecule has 0 bridgehead atoms. The molecular weight excluding hydrogens is 308 g/mol. The molecule has 0 radical (unpaired) electrons. The average molecular weight is 328 g/mol. The van der Waals surface area contributed by atoms with E-state index in [2.05, 4.69) is 26.1 Å². The van der Waals surface area contributed by atoms with Crippen LogP contribution in [0, 0.1) is 0 Å². The summed E-state index contributed by atoms with van der Waals surface area (Å²) in [4.78, 5) is 30.5. The number of aryl methyl sites for hydroxylation is 2. The normalized spacial score (nSPS) is 17.2. The van der Waals surface area contributed by atoms with Gasteiger partial charge in [-0.3, -0.25) is 14.3 Å². The number of aromatic nitrogens is 4. The van der Waals surface area contributed by atoms with E-state index in [9.17, 15) is 9.59 Å². The number of hydrogen-bond acceptors (Lipinski definition) is 6. The van der Waals surface area contributed by atoms with E-state index in [0.717, 1.165) is 61.5 Å². The summed E-state index contributed by atoms with van der Waals surface area (Å²) in [5.41, 5.74) is 1.78. The van der Waals surface area contributed by atoms with Crippen molar-refractivity contribution in [1.29, 1.82) is 0 Å². The van der Waals surface area contributed by atoms with Crippen molar-refractivity contribution in [2.45, 2.75) is 19.3 Å². The zero-order valence-electron chi connectivity index (χ0n) is 13.7. The first-order valence-corrected chi connectivity index (χ1v) is 8.27. The molecule has 1 aliphatic carbocycles. The number of hydrogen-bond donors (Lipinski definition) is 1. The van der Waals surface area contributed by atoms with Crippen LogP contribution in [-0.2, 0) is 19.9 Å². The van der Waals surface area contributed by atoms with Crippen LogP contribution >= 0.6 is 0 Å². The lowest BCUT2D eigenvalue weighted by atomic mass is 10.2. The Morgan fingerprint density at radius 3 is 2.50 bits per heavy atom. The van der Waals surface area contributed by atoms with Crippen LogP contribution in [-0.4, -0.2) is 45.9 Å². The van der Waals surface area contributed by atoms with Crippen molar-refractivity contribution in [3.05, 3.63) is 44.2 Å². The third kappa shape index (κ3) is 2.57. The van der Waals surface area contributed by atoms with Gasteiger partial charge in [0.05, 0.1) is 5.69 Å². The predicted octanol–water partition coefficient (Wildman–Crippen LogP) is -0.321. The first-order valence-electron chi connectivity index (χ1n) is 8.27. The minimum absolute atomic E-state index is 0.291. The van der Waals surface area contributed by atoms with Gasteiger partial charge < -0.3 is 9.80 Å². The molecule has 8 nitrogen and oxygen atoms in total. The molecule has 0 amide bonds. The molecule has 0 spiro atoms. The second kappa shape index (κ2) is 5.77. The molecule has 0 atom stereocenters. The maximum absolute atomic E-state index is 11.8. The van der Waals surface area contributed by atoms with Gasteiger partial charge in [0.15, 0.2) is 5.82 Å². The third-order valence-electron chi connectivity index (χ3n) is 4.88. The Morgan fingerprint density at radius 2 is 1.75 bits per heavy atom. The summed E-state index contributed by atoms with van der Waals surface area (Å²) < 4.78 is 1.07. The molecule has 1 aliphatic heterocycles. The number of H-pyrrole nitrogens is 1. The number of nitrogens with zero attached hydrogens (tertiary/aromatic N) is 5. The number of aromatic amines is 1. The van der Waals surface area contributed by atoms with Crippen LogP contribution in [0.1, 0.15) is 17.7 Å². The van der Waals surface area contributed by atoms with Crippen molar-refractivity contribution < 1.29 is 0 Å². The second-order valence-electron chi connectivity index (χ2n) is 6.36. The monoisotopic (exact) mass is 328 g/mol. The number of piperazine rings is 1. The van der Waals surface area contributed by atoms with Gasteiger partial charge in [-0.05, 0) is 30.9 Å². The van der Waals surface area contributed by atoms with E-state index in [1.54, 1.807) is 0 Å². The lowest BCUT2D eigenvalue weighted by Gasteiger charge is -2.36. The smallest absolute Gasteiger partial charge is 0.329 e. The first-order chi connectivity index (χ1) is 11.6. The molecule has 2 aromatic rings. The van der Waals surface area contributed by atoms with Crippen molar-refractivity contribution in [2.75, 3.05) is 36.0 Å². The lowest BCUT2D eigenvalue weighted by Crippen LogP contribution is -2.48. The van der Waals surface area contributed by atoms with Crippen LogP contribution in [0.25, 0.3) is 0 Å². The molecule has 8 heteroatoms. The van der Waals surface area contributed by atoms with Crippen molar-refractivity contribution in [3.8, 4) is 0 Å². The fourth-order valence-corrected chi connectivity index (χ4v) is 3.36. The minimum Gasteiger partial charge on any atom is -0.354 e. The molecule has 1 N–H and O–H groups in total. The van der Waals surface area contributed by atoms with Crippen molar-refractivity contribution in [2.24, 2.45) is 7.05 Å². The van der Waals surface area contributed by atoms with Crippen LogP contribution in [0.3, 0.4) is 0 Å². The van der Waals surface area contributed by atoms with Crippen molar-refractivity contribution in [1.82, 2.24) is 19.7 Å². The molecule has 1 fully saturated rings. The van der Waals surface area contributed by atoms with E-state index in [4.69, 9.17) is 0 Å². The third-order valence-corrected chi connectivity index (χ3v) is 4.88. The van der Waals surface area contributed by atoms with Gasteiger partial charge in [0.2, 0.25) is 0 Å². The SMILES string of the molecule is Cn1c(=O)cc(N2CCN(c3cc4c(nn3)CCC4)CC2)[nH]c1=O. The number of anilines is 2. The summed E-state index contributed by atoms with van der Waals surface area (Å²) >= 11 is 0. The van der Waals surface area contributed by atoms with Gasteiger partial charge in [0, 0.05) is 39.3 Å². The van der Waals surface area contributed by atoms with Crippen LogP contribution < -0.4 is 21.0 Å². The van der Waals surface area contributed by atoms with E-state index < -0.39 is 0 Å². The van der Waals surface area contributed by atoms with Gasteiger partial charge in [-0.2, -0.15) is 5.10 Å². The fourth-order valence-electron chi connectivity index (χ4n) is 3.36. The molecular formula is C16H20N6O2. The summed E-state index contributed by atoms with van der Waals surface area (Å²) in [6.07, 6.45) is 3.29. The maximum Gasteiger partial charge on any atom is 0.329 e. The fraction of sp³-hybridized carbons (Fsp3) is 0.500. The Hall–Kier alpha value is -2.64. The van der Waals surface area contributed by atoms with E-state index in [1.165, 1.54) is 18.7 Å². The van der Waals surface area contributed by atoms with Gasteiger partial charge >= 0.3 is 5.69 Å². The summed E-state index contributed by atoms with van der Waals surface area (Å²) in [5.74, 6) is 1.51. The van der Waals surface area contributed by atoms with Crippen molar-refractivity contribution >= 4 is 11.6 Å². The van der Waals surface area contributed by atoms with E-state index in [0.29, 0.717) is 5.82 Å². The van der Waals surface area contributed by atoms with Crippen LogP contribution in [0.2, 0.25) is 0 Å². The Balaban J connectivity index is 1.49. The Labute approximate surface area is 138 Å². The molecule has 1 saturated heterocycles. The standard InChI is InChI=1S/C16H20N6O2/c1-20-15(23)10-13(17-16(20)24)21-5-7-22(8-6-21)14-9-11-3-2-4-12(11)18-19-14/h9-10H,2-8H2,1H3,(H,17,24). The molecule has 2 aromatic heterocycles. The number of fused-ring (bicyclic) bond motifs is 1. The number of rotatable bonds is 2. The molecule has 24 heavy (non-hydrogen) atoms. The highest BCUT2D eigenvalue weighted by Gasteiger charge is 2.22. The molecule has 0 aromatic carbocycles. The van der Waals surface area contributed by atoms with Gasteiger partial charge in [-0.1, -0.05) is 0 Å². The summed E-state index contributed by atoms with van der Waals surface area (Å²) in [6.45, 7) is 3.01. The molecule has 4 rings (SSSR count). The van der Waals surface area contributed by atoms with Crippen molar-refractivity contribution in [3.63, 3.8) is 0 Å². The highest BCUT2D eigenvalue weighted by Crippen LogP contribution is 2.23. The highest BCUT2D eigenvalue weighted by atomic mass is 16.2. The Bertz CT molecular complexity index is 848. The summed E-state index contributed by atoms with van der Waals surface area (Å²) in [6, 6.07) is 3.64. The van der Waals surface area contributed by atoms with Crippen LogP contribution in [0.5, 0.6) is 0 Å². The van der Waals surface area contributed by atoms with Gasteiger partial charge in [0.25, 0.3) is 5.56 Å². The van der Waals surface area contributed by atoms with E-state index in [1.807, 2.05) is 4.90 Å². The van der Waals surface area contributed by atoms with Crippen LogP contribution in [0.15, 0.2) is 21.7 Å². The summed E-state index contributed by atoms with van der Waals surface area (Å²) in [7, 11) is 1.47. The quantitative estimate of drug-likeness (QED) is 0.813. The van der Waals surface area contributed by atoms with Crippen LogP contribution in [0.4, 0.5) is 11.6 Å². The zero-order chi connectivity index (χ0) is 16.7. The van der Waals surface area contributed by atoms with Gasteiger partial charge in [-0.25, -0.2) is 4.79 Å². The second-order valence-corrected chi connectivity index (χ2v) is 6.36. The topological polar surface area (TPSA) is 87.1 Å². The predicted molar refractivity (Wildman–Crippen MR) is 90.8 cm³/mol. The minimum atomic E-state index is -0.385. The first kappa shape index (κ1) is 14.9. The number of nitrogens with one attached hydrogen (secondary N) is 1. The highest BCUT2D eigenvalue weighted by molar-refractivity contribution is 5.46. The van der Waals surface area contributed by atoms with E-state index in [-0.39, 0.29) is 11.2 Å². The molecule has 2 aliphatic rings. The average Bonchev–Trinajstić information content (AvgIpc) is 3.07. The van der Waals surface area contributed by atoms with Gasteiger partial charge in [0.1, 0.15) is 5.82 Å². The summed E-state index contributed by atoms with van der Waals surface area (Å²) in [5, 5.41) is 8.71.